The van der Waals surface area contributed by atoms with Crippen LogP contribution in [0, 0.1) is 5.92 Å². The molecular formula is C17H19ClN2O2. The lowest BCUT2D eigenvalue weighted by Crippen LogP contribution is -2.27. The van der Waals surface area contributed by atoms with E-state index in [9.17, 15) is 4.79 Å². The molecule has 1 aromatic carbocycles. The third kappa shape index (κ3) is 3.33. The smallest absolute Gasteiger partial charge is 0.273 e. The number of aryl methyl sites for hydroxylation is 1. The van der Waals surface area contributed by atoms with Gasteiger partial charge in [0.1, 0.15) is 5.76 Å². The van der Waals surface area contributed by atoms with Crippen molar-refractivity contribution in [3.8, 4) is 0 Å². The molecule has 1 aliphatic carbocycles. The van der Waals surface area contributed by atoms with Crippen LogP contribution in [0.4, 0.5) is 0 Å². The van der Waals surface area contributed by atoms with E-state index in [1.807, 2.05) is 24.3 Å². The number of fused-ring (bicyclic) bond motifs is 1. The second kappa shape index (κ2) is 6.53. The van der Waals surface area contributed by atoms with E-state index in [-0.39, 0.29) is 5.91 Å². The standard InChI is InChI=1S/C17H19ClN2O2/c1-11-2-7-15-14(10-11)16(20-22-15)17(21)19-9-8-12-3-5-13(18)6-4-12/h3-6,11H,2,7-10H2,1H3,(H,19,21)/t11-/m1/s1. The Morgan fingerprint density at radius 2 is 2.18 bits per heavy atom. The van der Waals surface area contributed by atoms with Gasteiger partial charge in [-0.05, 0) is 42.9 Å². The summed E-state index contributed by atoms with van der Waals surface area (Å²) in [6.45, 7) is 2.76. The zero-order chi connectivity index (χ0) is 15.5. The molecule has 2 aromatic rings. The minimum absolute atomic E-state index is 0.145. The van der Waals surface area contributed by atoms with E-state index in [1.165, 1.54) is 0 Å². The summed E-state index contributed by atoms with van der Waals surface area (Å²) >= 11 is 5.85. The first kappa shape index (κ1) is 15.1. The van der Waals surface area contributed by atoms with Crippen molar-refractivity contribution in [1.29, 1.82) is 0 Å². The van der Waals surface area contributed by atoms with Crippen LogP contribution < -0.4 is 5.32 Å². The molecule has 5 heteroatoms. The predicted octanol–water partition coefficient (Wildman–Crippen LogP) is 3.43. The number of hydrogen-bond donors (Lipinski definition) is 1. The maximum atomic E-state index is 12.3. The highest BCUT2D eigenvalue weighted by Crippen LogP contribution is 2.27. The molecule has 0 fully saturated rings. The summed E-state index contributed by atoms with van der Waals surface area (Å²) in [7, 11) is 0. The van der Waals surface area contributed by atoms with Crippen molar-refractivity contribution < 1.29 is 9.32 Å². The first-order valence-corrected chi connectivity index (χ1v) is 8.01. The highest BCUT2D eigenvalue weighted by Gasteiger charge is 2.26. The van der Waals surface area contributed by atoms with Gasteiger partial charge in [-0.25, -0.2) is 0 Å². The van der Waals surface area contributed by atoms with Crippen LogP contribution in [-0.4, -0.2) is 17.6 Å². The number of amides is 1. The van der Waals surface area contributed by atoms with Crippen molar-refractivity contribution in [3.05, 3.63) is 51.9 Å². The summed E-state index contributed by atoms with van der Waals surface area (Å²) in [5, 5.41) is 7.60. The Hall–Kier alpha value is -1.81. The Kier molecular flexibility index (Phi) is 4.48. The molecular weight excluding hydrogens is 300 g/mol. The van der Waals surface area contributed by atoms with Crippen LogP contribution in [-0.2, 0) is 19.3 Å². The molecule has 0 bridgehead atoms. The molecule has 0 saturated carbocycles. The fourth-order valence-corrected chi connectivity index (χ4v) is 2.94. The maximum absolute atomic E-state index is 12.3. The predicted molar refractivity (Wildman–Crippen MR) is 85.2 cm³/mol. The first-order valence-electron chi connectivity index (χ1n) is 7.63. The molecule has 0 radical (unpaired) electrons. The van der Waals surface area contributed by atoms with E-state index in [4.69, 9.17) is 16.1 Å². The molecule has 0 spiro atoms. The largest absolute Gasteiger partial charge is 0.360 e. The van der Waals surface area contributed by atoms with E-state index in [0.29, 0.717) is 18.2 Å². The van der Waals surface area contributed by atoms with Gasteiger partial charge in [-0.15, -0.1) is 0 Å². The number of aromatic nitrogens is 1. The zero-order valence-corrected chi connectivity index (χ0v) is 13.3. The lowest BCUT2D eigenvalue weighted by Gasteiger charge is -2.16. The Morgan fingerprint density at radius 1 is 1.41 bits per heavy atom. The van der Waals surface area contributed by atoms with Gasteiger partial charge in [-0.2, -0.15) is 0 Å². The lowest BCUT2D eigenvalue weighted by atomic mass is 9.88. The number of halogens is 1. The Morgan fingerprint density at radius 3 is 2.95 bits per heavy atom. The van der Waals surface area contributed by atoms with Crippen molar-refractivity contribution in [2.24, 2.45) is 5.92 Å². The third-order valence-electron chi connectivity index (χ3n) is 4.11. The van der Waals surface area contributed by atoms with Gasteiger partial charge in [0, 0.05) is 23.6 Å². The van der Waals surface area contributed by atoms with Crippen LogP contribution in [0.2, 0.25) is 5.02 Å². The third-order valence-corrected chi connectivity index (χ3v) is 4.37. The van der Waals surface area contributed by atoms with Gasteiger partial charge >= 0.3 is 0 Å². The van der Waals surface area contributed by atoms with Crippen molar-refractivity contribution in [2.45, 2.75) is 32.6 Å². The van der Waals surface area contributed by atoms with Crippen molar-refractivity contribution in [2.75, 3.05) is 6.54 Å². The van der Waals surface area contributed by atoms with Gasteiger partial charge in [-0.1, -0.05) is 35.8 Å². The minimum atomic E-state index is -0.145. The maximum Gasteiger partial charge on any atom is 0.273 e. The second-order valence-corrected chi connectivity index (χ2v) is 6.35. The minimum Gasteiger partial charge on any atom is -0.360 e. The van der Waals surface area contributed by atoms with Crippen LogP contribution in [0.1, 0.15) is 40.7 Å². The Balaban J connectivity index is 1.58. The molecule has 22 heavy (non-hydrogen) atoms. The molecule has 3 rings (SSSR count). The number of benzene rings is 1. The summed E-state index contributed by atoms with van der Waals surface area (Å²) in [4.78, 5) is 12.3. The van der Waals surface area contributed by atoms with E-state index >= 15 is 0 Å². The molecule has 116 valence electrons. The fraction of sp³-hybridized carbons (Fsp3) is 0.412. The average molecular weight is 319 g/mol. The van der Waals surface area contributed by atoms with E-state index in [1.54, 1.807) is 0 Å². The van der Waals surface area contributed by atoms with Crippen LogP contribution in [0.3, 0.4) is 0 Å². The lowest BCUT2D eigenvalue weighted by molar-refractivity contribution is 0.0944. The van der Waals surface area contributed by atoms with E-state index in [2.05, 4.69) is 17.4 Å². The number of nitrogens with one attached hydrogen (secondary N) is 1. The number of rotatable bonds is 4. The van der Waals surface area contributed by atoms with Crippen LogP contribution in [0.25, 0.3) is 0 Å². The fourth-order valence-electron chi connectivity index (χ4n) is 2.81. The molecule has 1 amide bonds. The summed E-state index contributed by atoms with van der Waals surface area (Å²) < 4.78 is 5.31. The quantitative estimate of drug-likeness (QED) is 0.939. The molecule has 1 N–H and O–H groups in total. The van der Waals surface area contributed by atoms with Gasteiger partial charge in [-0.3, -0.25) is 4.79 Å². The number of carbonyl (C=O) groups excluding carboxylic acids is 1. The summed E-state index contributed by atoms with van der Waals surface area (Å²) in [6.07, 6.45) is 3.61. The molecule has 1 aromatic heterocycles. The molecule has 0 aliphatic heterocycles. The number of nitrogens with zero attached hydrogens (tertiary/aromatic N) is 1. The molecule has 1 heterocycles. The topological polar surface area (TPSA) is 55.1 Å². The van der Waals surface area contributed by atoms with Gasteiger partial charge in [0.15, 0.2) is 5.69 Å². The normalized spacial score (nSPS) is 17.1. The van der Waals surface area contributed by atoms with Crippen molar-refractivity contribution in [3.63, 3.8) is 0 Å². The van der Waals surface area contributed by atoms with Crippen LogP contribution in [0.15, 0.2) is 28.8 Å². The molecule has 0 saturated heterocycles. The SMILES string of the molecule is C[C@@H]1CCc2onc(C(=O)NCCc3ccc(Cl)cc3)c2C1. The summed E-state index contributed by atoms with van der Waals surface area (Å²) in [5.41, 5.74) is 2.58. The highest BCUT2D eigenvalue weighted by atomic mass is 35.5. The van der Waals surface area contributed by atoms with Gasteiger partial charge < -0.3 is 9.84 Å². The Bertz CT molecular complexity index is 664. The summed E-state index contributed by atoms with van der Waals surface area (Å²) in [6, 6.07) is 7.64. The summed E-state index contributed by atoms with van der Waals surface area (Å²) in [5.74, 6) is 1.31. The van der Waals surface area contributed by atoms with Crippen molar-refractivity contribution >= 4 is 17.5 Å². The first-order chi connectivity index (χ1) is 10.6. The number of hydrogen-bond acceptors (Lipinski definition) is 3. The monoisotopic (exact) mass is 318 g/mol. The van der Waals surface area contributed by atoms with Crippen LogP contribution in [0.5, 0.6) is 0 Å². The second-order valence-electron chi connectivity index (χ2n) is 5.91. The average Bonchev–Trinajstić information content (AvgIpc) is 2.92. The molecule has 0 unspecified atom stereocenters. The zero-order valence-electron chi connectivity index (χ0n) is 12.6. The van der Waals surface area contributed by atoms with Gasteiger partial charge in [0.25, 0.3) is 5.91 Å². The molecule has 1 atom stereocenters. The van der Waals surface area contributed by atoms with Gasteiger partial charge in [0.05, 0.1) is 0 Å². The van der Waals surface area contributed by atoms with E-state index < -0.39 is 0 Å². The molecule has 1 aliphatic rings. The van der Waals surface area contributed by atoms with Crippen LogP contribution >= 0.6 is 11.6 Å². The highest BCUT2D eigenvalue weighted by molar-refractivity contribution is 6.30. The van der Waals surface area contributed by atoms with Crippen molar-refractivity contribution in [1.82, 2.24) is 10.5 Å². The van der Waals surface area contributed by atoms with Gasteiger partial charge in [0.2, 0.25) is 0 Å². The number of carbonyl (C=O) groups is 1. The molecule has 4 nitrogen and oxygen atoms in total. The Labute approximate surface area is 134 Å². The van der Waals surface area contributed by atoms with E-state index in [0.717, 1.165) is 47.6 Å².